The zero-order valence-electron chi connectivity index (χ0n) is 12.4. The van der Waals surface area contributed by atoms with Crippen LogP contribution in [0.25, 0.3) is 0 Å². The Bertz CT molecular complexity index is 493. The third kappa shape index (κ3) is 3.76. The van der Waals surface area contributed by atoms with Crippen LogP contribution in [0, 0.1) is 0 Å². The molecule has 0 bridgehead atoms. The molecule has 1 saturated heterocycles. The van der Waals surface area contributed by atoms with Crippen molar-refractivity contribution < 1.29 is 14.3 Å². The number of ketones is 1. The number of carbonyl (C=O) groups is 1. The molecule has 1 fully saturated rings. The highest BCUT2D eigenvalue weighted by Gasteiger charge is 2.18. The number of benzene rings is 1. The summed E-state index contributed by atoms with van der Waals surface area (Å²) in [6.45, 7) is 2.35. The fourth-order valence-electron chi connectivity index (χ4n) is 2.95. The summed E-state index contributed by atoms with van der Waals surface area (Å²) in [6.07, 6.45) is 6.24. The van der Waals surface area contributed by atoms with Gasteiger partial charge >= 0.3 is 0 Å². The van der Waals surface area contributed by atoms with Gasteiger partial charge in [0, 0.05) is 24.4 Å². The van der Waals surface area contributed by atoms with Crippen molar-refractivity contribution in [1.29, 1.82) is 0 Å². The minimum absolute atomic E-state index is 0.185. The SMILES string of the molecule is O=C(CC1CCCCCN1)c1ccc2c(c1)OCCCO2. The lowest BCUT2D eigenvalue weighted by atomic mass is 10.00. The third-order valence-electron chi connectivity index (χ3n) is 4.16. The molecule has 0 aliphatic carbocycles. The molecule has 0 amide bonds. The molecular weight excluding hydrogens is 266 g/mol. The Morgan fingerprint density at radius 1 is 1.10 bits per heavy atom. The van der Waals surface area contributed by atoms with E-state index in [-0.39, 0.29) is 5.78 Å². The molecule has 1 aromatic carbocycles. The second-order valence-corrected chi connectivity index (χ2v) is 5.84. The van der Waals surface area contributed by atoms with Crippen molar-refractivity contribution in [3.8, 4) is 11.5 Å². The summed E-state index contributed by atoms with van der Waals surface area (Å²) >= 11 is 0. The lowest BCUT2D eigenvalue weighted by Gasteiger charge is -2.15. The fraction of sp³-hybridized carbons (Fsp3) is 0.588. The average molecular weight is 289 g/mol. The van der Waals surface area contributed by atoms with Crippen LogP contribution in [0.2, 0.25) is 0 Å². The smallest absolute Gasteiger partial charge is 0.164 e. The van der Waals surface area contributed by atoms with E-state index in [9.17, 15) is 4.79 Å². The number of rotatable bonds is 3. The van der Waals surface area contributed by atoms with Gasteiger partial charge in [-0.2, -0.15) is 0 Å². The lowest BCUT2D eigenvalue weighted by Crippen LogP contribution is -2.30. The molecule has 0 saturated carbocycles. The summed E-state index contributed by atoms with van der Waals surface area (Å²) in [5, 5.41) is 3.48. The van der Waals surface area contributed by atoms with Crippen molar-refractivity contribution in [2.75, 3.05) is 19.8 Å². The van der Waals surface area contributed by atoms with E-state index < -0.39 is 0 Å². The molecule has 114 valence electrons. The van der Waals surface area contributed by atoms with Gasteiger partial charge in [0.05, 0.1) is 13.2 Å². The maximum Gasteiger partial charge on any atom is 0.164 e. The van der Waals surface area contributed by atoms with Crippen LogP contribution in [0.4, 0.5) is 0 Å². The van der Waals surface area contributed by atoms with E-state index in [1.165, 1.54) is 19.3 Å². The first-order valence-electron chi connectivity index (χ1n) is 7.99. The number of hydrogen-bond donors (Lipinski definition) is 1. The van der Waals surface area contributed by atoms with Crippen molar-refractivity contribution in [2.24, 2.45) is 0 Å². The molecule has 0 radical (unpaired) electrons. The first-order valence-corrected chi connectivity index (χ1v) is 7.99. The van der Waals surface area contributed by atoms with Gasteiger partial charge in [-0.05, 0) is 37.6 Å². The largest absolute Gasteiger partial charge is 0.490 e. The summed E-state index contributed by atoms with van der Waals surface area (Å²) < 4.78 is 11.3. The van der Waals surface area contributed by atoms with Gasteiger partial charge < -0.3 is 14.8 Å². The maximum absolute atomic E-state index is 12.5. The van der Waals surface area contributed by atoms with E-state index in [0.717, 1.165) is 30.7 Å². The Labute approximate surface area is 125 Å². The molecule has 3 rings (SSSR count). The average Bonchev–Trinajstić information content (AvgIpc) is 2.88. The van der Waals surface area contributed by atoms with E-state index in [0.29, 0.717) is 31.4 Å². The fourth-order valence-corrected chi connectivity index (χ4v) is 2.95. The Hall–Kier alpha value is -1.55. The van der Waals surface area contributed by atoms with Gasteiger partial charge in [0.25, 0.3) is 0 Å². The minimum atomic E-state index is 0.185. The number of nitrogens with one attached hydrogen (secondary N) is 1. The summed E-state index contributed by atoms with van der Waals surface area (Å²) in [4.78, 5) is 12.5. The predicted octanol–water partition coefficient (Wildman–Crippen LogP) is 2.95. The Kier molecular flexibility index (Phi) is 4.76. The van der Waals surface area contributed by atoms with Gasteiger partial charge in [0.2, 0.25) is 0 Å². The monoisotopic (exact) mass is 289 g/mol. The Balaban J connectivity index is 1.68. The first-order chi connectivity index (χ1) is 10.3. The van der Waals surface area contributed by atoms with Crippen LogP contribution in [0.15, 0.2) is 18.2 Å². The van der Waals surface area contributed by atoms with Crippen LogP contribution in [0.1, 0.15) is 48.9 Å². The molecular formula is C17H23NO3. The highest BCUT2D eigenvalue weighted by Crippen LogP contribution is 2.31. The molecule has 0 aromatic heterocycles. The minimum Gasteiger partial charge on any atom is -0.490 e. The number of Topliss-reactive ketones (excluding diaryl/α,β-unsaturated/α-hetero) is 1. The Morgan fingerprint density at radius 2 is 1.95 bits per heavy atom. The normalized spacial score (nSPS) is 22.2. The second-order valence-electron chi connectivity index (χ2n) is 5.84. The molecule has 2 aliphatic rings. The van der Waals surface area contributed by atoms with Gasteiger partial charge in [-0.1, -0.05) is 12.8 Å². The summed E-state index contributed by atoms with van der Waals surface area (Å²) in [5.74, 6) is 1.63. The molecule has 2 heterocycles. The molecule has 1 atom stereocenters. The first kappa shape index (κ1) is 14.4. The highest BCUT2D eigenvalue weighted by molar-refractivity contribution is 5.97. The molecule has 21 heavy (non-hydrogen) atoms. The third-order valence-corrected chi connectivity index (χ3v) is 4.16. The van der Waals surface area contributed by atoms with Crippen LogP contribution in [-0.2, 0) is 0 Å². The van der Waals surface area contributed by atoms with Crippen molar-refractivity contribution in [3.05, 3.63) is 23.8 Å². The molecule has 4 nitrogen and oxygen atoms in total. The van der Waals surface area contributed by atoms with Crippen molar-refractivity contribution in [2.45, 2.75) is 44.6 Å². The molecule has 2 aliphatic heterocycles. The van der Waals surface area contributed by atoms with E-state index >= 15 is 0 Å². The molecule has 1 aromatic rings. The van der Waals surface area contributed by atoms with Crippen molar-refractivity contribution in [1.82, 2.24) is 5.32 Å². The standard InChI is InChI=1S/C17H23NO3/c19-15(12-14-5-2-1-3-8-18-14)13-6-7-16-17(11-13)21-10-4-9-20-16/h6-7,11,14,18H,1-5,8-10,12H2. The van der Waals surface area contributed by atoms with Crippen LogP contribution in [0.5, 0.6) is 11.5 Å². The van der Waals surface area contributed by atoms with E-state index in [1.54, 1.807) is 0 Å². The van der Waals surface area contributed by atoms with E-state index in [1.807, 2.05) is 18.2 Å². The van der Waals surface area contributed by atoms with E-state index in [4.69, 9.17) is 9.47 Å². The number of carbonyl (C=O) groups excluding carboxylic acids is 1. The van der Waals surface area contributed by atoms with Gasteiger partial charge in [-0.3, -0.25) is 4.79 Å². The van der Waals surface area contributed by atoms with Crippen LogP contribution in [0.3, 0.4) is 0 Å². The van der Waals surface area contributed by atoms with Gasteiger partial charge in [0.1, 0.15) is 0 Å². The van der Waals surface area contributed by atoms with Gasteiger partial charge in [-0.15, -0.1) is 0 Å². The summed E-state index contributed by atoms with van der Waals surface area (Å²) in [7, 11) is 0. The zero-order chi connectivity index (χ0) is 14.5. The Morgan fingerprint density at radius 3 is 2.86 bits per heavy atom. The van der Waals surface area contributed by atoms with E-state index in [2.05, 4.69) is 5.32 Å². The lowest BCUT2D eigenvalue weighted by molar-refractivity contribution is 0.0967. The van der Waals surface area contributed by atoms with Gasteiger partial charge in [0.15, 0.2) is 17.3 Å². The topological polar surface area (TPSA) is 47.6 Å². The summed E-state index contributed by atoms with van der Waals surface area (Å²) in [5.41, 5.74) is 0.727. The molecule has 1 N–H and O–H groups in total. The number of fused-ring (bicyclic) bond motifs is 1. The predicted molar refractivity (Wildman–Crippen MR) is 81.3 cm³/mol. The van der Waals surface area contributed by atoms with Crippen LogP contribution >= 0.6 is 0 Å². The quantitative estimate of drug-likeness (QED) is 0.869. The van der Waals surface area contributed by atoms with Crippen LogP contribution < -0.4 is 14.8 Å². The molecule has 1 unspecified atom stereocenters. The second kappa shape index (κ2) is 6.94. The molecule has 4 heteroatoms. The van der Waals surface area contributed by atoms with Crippen molar-refractivity contribution >= 4 is 5.78 Å². The number of ether oxygens (including phenoxy) is 2. The van der Waals surface area contributed by atoms with Gasteiger partial charge in [-0.25, -0.2) is 0 Å². The zero-order valence-corrected chi connectivity index (χ0v) is 12.4. The number of hydrogen-bond acceptors (Lipinski definition) is 4. The van der Waals surface area contributed by atoms with Crippen molar-refractivity contribution in [3.63, 3.8) is 0 Å². The summed E-state index contributed by atoms with van der Waals surface area (Å²) in [6, 6.07) is 5.86. The maximum atomic E-state index is 12.5. The highest BCUT2D eigenvalue weighted by atomic mass is 16.5. The van der Waals surface area contributed by atoms with Crippen LogP contribution in [-0.4, -0.2) is 31.6 Å². The molecule has 0 spiro atoms.